The van der Waals surface area contributed by atoms with Gasteiger partial charge < -0.3 is 10.6 Å². The molecule has 96 valence electrons. The van der Waals surface area contributed by atoms with Crippen molar-refractivity contribution in [2.75, 3.05) is 10.6 Å². The average molecular weight is 273 g/mol. The van der Waals surface area contributed by atoms with Crippen molar-refractivity contribution in [3.8, 4) is 0 Å². The minimum atomic E-state index is -0.392. The number of anilines is 2. The Morgan fingerprint density at radius 2 is 1.89 bits per heavy atom. The number of nitrogens with one attached hydrogen (secondary N) is 2. The second-order valence-electron chi connectivity index (χ2n) is 4.66. The fourth-order valence-corrected chi connectivity index (χ4v) is 2.37. The minimum Gasteiger partial charge on any atom is -0.370 e. The van der Waals surface area contributed by atoms with E-state index in [0.717, 1.165) is 16.9 Å². The summed E-state index contributed by atoms with van der Waals surface area (Å²) in [5.74, 6) is -0.0576. The number of aryl methyl sites for hydroxylation is 1. The highest BCUT2D eigenvalue weighted by molar-refractivity contribution is 6.31. The Hall–Kier alpha value is -2.00. The summed E-state index contributed by atoms with van der Waals surface area (Å²) in [6.45, 7) is 2.03. The van der Waals surface area contributed by atoms with E-state index in [1.54, 1.807) is 6.07 Å². The van der Waals surface area contributed by atoms with Crippen LogP contribution in [-0.4, -0.2) is 5.91 Å². The monoisotopic (exact) mass is 272 g/mol. The second-order valence-corrected chi connectivity index (χ2v) is 5.10. The summed E-state index contributed by atoms with van der Waals surface area (Å²) in [6.07, 6.45) is 0. The van der Waals surface area contributed by atoms with Gasteiger partial charge in [-0.05, 0) is 37.3 Å². The molecule has 0 spiro atoms. The van der Waals surface area contributed by atoms with Crippen molar-refractivity contribution in [2.45, 2.75) is 13.0 Å². The van der Waals surface area contributed by atoms with E-state index in [-0.39, 0.29) is 5.91 Å². The van der Waals surface area contributed by atoms with Gasteiger partial charge in [-0.3, -0.25) is 4.79 Å². The van der Waals surface area contributed by atoms with Crippen LogP contribution in [0.5, 0.6) is 0 Å². The van der Waals surface area contributed by atoms with Crippen molar-refractivity contribution < 1.29 is 4.79 Å². The Bertz CT molecular complexity index is 637. The Kier molecular flexibility index (Phi) is 2.91. The number of halogens is 1. The van der Waals surface area contributed by atoms with E-state index in [4.69, 9.17) is 11.6 Å². The number of hydrogen-bond donors (Lipinski definition) is 2. The van der Waals surface area contributed by atoms with Crippen molar-refractivity contribution in [3.05, 3.63) is 58.6 Å². The van der Waals surface area contributed by atoms with Gasteiger partial charge in [-0.1, -0.05) is 29.3 Å². The van der Waals surface area contributed by atoms with Crippen molar-refractivity contribution in [1.82, 2.24) is 0 Å². The van der Waals surface area contributed by atoms with E-state index in [1.165, 1.54) is 5.56 Å². The zero-order chi connectivity index (χ0) is 13.4. The van der Waals surface area contributed by atoms with Crippen LogP contribution in [-0.2, 0) is 4.79 Å². The van der Waals surface area contributed by atoms with Crippen molar-refractivity contribution in [3.63, 3.8) is 0 Å². The van der Waals surface area contributed by atoms with Gasteiger partial charge in [0, 0.05) is 22.0 Å². The first-order valence-corrected chi connectivity index (χ1v) is 6.45. The SMILES string of the molecule is Cc1ccc(NC2C(=O)Nc3ccc(Cl)cc32)cc1. The summed E-state index contributed by atoms with van der Waals surface area (Å²) in [5.41, 5.74) is 3.81. The minimum absolute atomic E-state index is 0.0576. The Labute approximate surface area is 116 Å². The molecule has 3 nitrogen and oxygen atoms in total. The molecule has 0 saturated heterocycles. The van der Waals surface area contributed by atoms with Crippen LogP contribution in [0.4, 0.5) is 11.4 Å². The average Bonchev–Trinajstić information content (AvgIpc) is 2.69. The highest BCUT2D eigenvalue weighted by Crippen LogP contribution is 2.34. The lowest BCUT2D eigenvalue weighted by molar-refractivity contribution is -0.116. The lowest BCUT2D eigenvalue weighted by atomic mass is 10.1. The molecule has 0 radical (unpaired) electrons. The third-order valence-corrected chi connectivity index (χ3v) is 3.44. The fraction of sp³-hybridized carbons (Fsp3) is 0.133. The molecule has 0 saturated carbocycles. The van der Waals surface area contributed by atoms with E-state index >= 15 is 0 Å². The molecular weight excluding hydrogens is 260 g/mol. The van der Waals surface area contributed by atoms with Gasteiger partial charge in [0.05, 0.1) is 0 Å². The molecule has 19 heavy (non-hydrogen) atoms. The van der Waals surface area contributed by atoms with Crippen LogP contribution >= 0.6 is 11.6 Å². The maximum Gasteiger partial charge on any atom is 0.251 e. The number of hydrogen-bond acceptors (Lipinski definition) is 2. The number of fused-ring (bicyclic) bond motifs is 1. The van der Waals surface area contributed by atoms with Crippen molar-refractivity contribution >= 4 is 28.9 Å². The van der Waals surface area contributed by atoms with Crippen LogP contribution in [0.1, 0.15) is 17.2 Å². The van der Waals surface area contributed by atoms with E-state index in [0.29, 0.717) is 5.02 Å². The third-order valence-electron chi connectivity index (χ3n) is 3.21. The summed E-state index contributed by atoms with van der Waals surface area (Å²) < 4.78 is 0. The normalized spacial score (nSPS) is 16.9. The fourth-order valence-electron chi connectivity index (χ4n) is 2.19. The third kappa shape index (κ3) is 2.29. The molecular formula is C15H13ClN2O. The van der Waals surface area contributed by atoms with Crippen molar-refractivity contribution in [1.29, 1.82) is 0 Å². The lowest BCUT2D eigenvalue weighted by Gasteiger charge is -2.13. The molecule has 0 bridgehead atoms. The van der Waals surface area contributed by atoms with E-state index in [9.17, 15) is 4.79 Å². The maximum absolute atomic E-state index is 12.0. The molecule has 0 fully saturated rings. The number of rotatable bonds is 2. The van der Waals surface area contributed by atoms with Gasteiger partial charge in [-0.2, -0.15) is 0 Å². The molecule has 1 unspecified atom stereocenters. The molecule has 3 rings (SSSR count). The Morgan fingerprint density at radius 1 is 1.16 bits per heavy atom. The summed E-state index contributed by atoms with van der Waals surface area (Å²) >= 11 is 5.99. The van der Waals surface area contributed by atoms with Gasteiger partial charge in [0.2, 0.25) is 0 Å². The lowest BCUT2D eigenvalue weighted by Crippen LogP contribution is -2.19. The number of amides is 1. The Morgan fingerprint density at radius 3 is 2.63 bits per heavy atom. The molecule has 1 aliphatic heterocycles. The summed E-state index contributed by atoms with van der Waals surface area (Å²) in [7, 11) is 0. The highest BCUT2D eigenvalue weighted by Gasteiger charge is 2.30. The first kappa shape index (κ1) is 12.1. The molecule has 2 N–H and O–H groups in total. The number of carbonyl (C=O) groups is 1. The van der Waals surface area contributed by atoms with Crippen LogP contribution in [0.25, 0.3) is 0 Å². The molecule has 4 heteroatoms. The van der Waals surface area contributed by atoms with Crippen LogP contribution in [0.3, 0.4) is 0 Å². The quantitative estimate of drug-likeness (QED) is 0.874. The summed E-state index contributed by atoms with van der Waals surface area (Å²) in [5, 5.41) is 6.71. The number of carbonyl (C=O) groups excluding carboxylic acids is 1. The first-order chi connectivity index (χ1) is 9.13. The molecule has 1 aliphatic rings. The van der Waals surface area contributed by atoms with Gasteiger partial charge in [-0.15, -0.1) is 0 Å². The molecule has 2 aromatic carbocycles. The molecule has 1 amide bonds. The van der Waals surface area contributed by atoms with E-state index in [1.807, 2.05) is 43.3 Å². The van der Waals surface area contributed by atoms with E-state index < -0.39 is 6.04 Å². The second kappa shape index (κ2) is 4.59. The standard InChI is InChI=1S/C15H13ClN2O/c1-9-2-5-11(6-3-9)17-14-12-8-10(16)4-7-13(12)18-15(14)19/h2-8,14,17H,1H3,(H,18,19). The van der Waals surface area contributed by atoms with Crippen LogP contribution in [0, 0.1) is 6.92 Å². The maximum atomic E-state index is 12.0. The Balaban J connectivity index is 1.91. The molecule has 2 aromatic rings. The van der Waals surface area contributed by atoms with Crippen LogP contribution in [0.2, 0.25) is 5.02 Å². The van der Waals surface area contributed by atoms with Gasteiger partial charge in [0.15, 0.2) is 0 Å². The van der Waals surface area contributed by atoms with Crippen LogP contribution in [0.15, 0.2) is 42.5 Å². The molecule has 0 aliphatic carbocycles. The summed E-state index contributed by atoms with van der Waals surface area (Å²) in [4.78, 5) is 12.0. The smallest absolute Gasteiger partial charge is 0.251 e. The molecule has 0 aromatic heterocycles. The zero-order valence-electron chi connectivity index (χ0n) is 10.4. The first-order valence-electron chi connectivity index (χ1n) is 6.07. The highest BCUT2D eigenvalue weighted by atomic mass is 35.5. The van der Waals surface area contributed by atoms with Gasteiger partial charge in [0.25, 0.3) is 5.91 Å². The van der Waals surface area contributed by atoms with Crippen molar-refractivity contribution in [2.24, 2.45) is 0 Å². The number of benzene rings is 2. The van der Waals surface area contributed by atoms with Gasteiger partial charge in [-0.25, -0.2) is 0 Å². The molecule has 1 heterocycles. The van der Waals surface area contributed by atoms with Gasteiger partial charge >= 0.3 is 0 Å². The zero-order valence-corrected chi connectivity index (χ0v) is 11.2. The topological polar surface area (TPSA) is 41.1 Å². The largest absolute Gasteiger partial charge is 0.370 e. The predicted octanol–water partition coefficient (Wildman–Crippen LogP) is 3.75. The summed E-state index contributed by atoms with van der Waals surface area (Å²) in [6, 6.07) is 13.0. The predicted molar refractivity (Wildman–Crippen MR) is 77.6 cm³/mol. The van der Waals surface area contributed by atoms with E-state index in [2.05, 4.69) is 10.6 Å². The van der Waals surface area contributed by atoms with Crippen LogP contribution < -0.4 is 10.6 Å². The van der Waals surface area contributed by atoms with Gasteiger partial charge in [0.1, 0.15) is 6.04 Å². The molecule has 1 atom stereocenters.